The van der Waals surface area contributed by atoms with E-state index in [1.165, 1.54) is 11.3 Å². The summed E-state index contributed by atoms with van der Waals surface area (Å²) < 4.78 is 5.49. The summed E-state index contributed by atoms with van der Waals surface area (Å²) in [5.41, 5.74) is 8.46. The minimum absolute atomic E-state index is 0.195. The molecule has 2 aliphatic rings. The van der Waals surface area contributed by atoms with Crippen molar-refractivity contribution in [1.29, 1.82) is 0 Å². The predicted molar refractivity (Wildman–Crippen MR) is 55.0 cm³/mol. The quantitative estimate of drug-likeness (QED) is 0.673. The van der Waals surface area contributed by atoms with Crippen LogP contribution in [-0.2, 0) is 17.8 Å². The third-order valence-electron chi connectivity index (χ3n) is 3.28. The number of nitrogens with zero attached hydrogens (tertiary/aromatic N) is 2. The molecule has 5 nitrogen and oxygen atoms in total. The SMILES string of the molecule is N[C@@H]1COCC(N2Cc3cn[nH]c3C2)C1. The van der Waals surface area contributed by atoms with Gasteiger partial charge in [0.15, 0.2) is 0 Å². The molecule has 0 aliphatic carbocycles. The molecule has 1 aromatic heterocycles. The number of nitrogens with two attached hydrogens (primary N) is 1. The Kier molecular flexibility index (Phi) is 2.23. The van der Waals surface area contributed by atoms with Crippen LogP contribution in [0.15, 0.2) is 6.20 Å². The Morgan fingerprint density at radius 3 is 3.20 bits per heavy atom. The maximum Gasteiger partial charge on any atom is 0.0623 e. The number of H-pyrrole nitrogens is 1. The van der Waals surface area contributed by atoms with Gasteiger partial charge in [-0.1, -0.05) is 0 Å². The topological polar surface area (TPSA) is 67.2 Å². The van der Waals surface area contributed by atoms with Gasteiger partial charge in [0.2, 0.25) is 0 Å². The molecular formula is C10H16N4O. The van der Waals surface area contributed by atoms with Gasteiger partial charge in [-0.2, -0.15) is 5.10 Å². The molecule has 0 spiro atoms. The summed E-state index contributed by atoms with van der Waals surface area (Å²) in [5.74, 6) is 0. The molecule has 1 fully saturated rings. The molecule has 0 saturated carbocycles. The van der Waals surface area contributed by atoms with Crippen LogP contribution in [0.1, 0.15) is 17.7 Å². The number of ether oxygens (including phenoxy) is 1. The zero-order valence-corrected chi connectivity index (χ0v) is 8.65. The van der Waals surface area contributed by atoms with Crippen LogP contribution >= 0.6 is 0 Å². The lowest BCUT2D eigenvalue weighted by molar-refractivity contribution is 0.00510. The molecule has 1 aromatic rings. The lowest BCUT2D eigenvalue weighted by Gasteiger charge is -2.33. The first-order chi connectivity index (χ1) is 7.33. The fourth-order valence-electron chi connectivity index (χ4n) is 2.44. The Hall–Kier alpha value is -0.910. The number of aromatic amines is 1. The Morgan fingerprint density at radius 2 is 2.40 bits per heavy atom. The van der Waals surface area contributed by atoms with Gasteiger partial charge in [0.25, 0.3) is 0 Å². The maximum atomic E-state index is 5.90. The van der Waals surface area contributed by atoms with Gasteiger partial charge in [0, 0.05) is 30.7 Å². The van der Waals surface area contributed by atoms with Crippen LogP contribution < -0.4 is 5.73 Å². The molecule has 5 heteroatoms. The average molecular weight is 208 g/mol. The minimum Gasteiger partial charge on any atom is -0.378 e. The van der Waals surface area contributed by atoms with Gasteiger partial charge in [-0.25, -0.2) is 0 Å². The van der Waals surface area contributed by atoms with Crippen molar-refractivity contribution in [3.63, 3.8) is 0 Å². The van der Waals surface area contributed by atoms with Crippen LogP contribution in [0.5, 0.6) is 0 Å². The average Bonchev–Trinajstić information content (AvgIpc) is 2.76. The number of aromatic nitrogens is 2. The molecule has 2 aliphatic heterocycles. The molecule has 0 aromatic carbocycles. The highest BCUT2D eigenvalue weighted by Gasteiger charge is 2.30. The third-order valence-corrected chi connectivity index (χ3v) is 3.28. The maximum absolute atomic E-state index is 5.90. The Balaban J connectivity index is 1.68. The monoisotopic (exact) mass is 208 g/mol. The second-order valence-corrected chi connectivity index (χ2v) is 4.47. The van der Waals surface area contributed by atoms with Crippen molar-refractivity contribution in [2.45, 2.75) is 31.6 Å². The summed E-state index contributed by atoms with van der Waals surface area (Å²) in [6, 6.07) is 0.662. The fourth-order valence-corrected chi connectivity index (χ4v) is 2.44. The summed E-state index contributed by atoms with van der Waals surface area (Å²) in [7, 11) is 0. The highest BCUT2D eigenvalue weighted by atomic mass is 16.5. The molecule has 82 valence electrons. The Bertz CT molecular complexity index is 330. The number of hydrogen-bond acceptors (Lipinski definition) is 4. The van der Waals surface area contributed by atoms with Gasteiger partial charge in [-0.15, -0.1) is 0 Å². The van der Waals surface area contributed by atoms with Crippen molar-refractivity contribution < 1.29 is 4.74 Å². The van der Waals surface area contributed by atoms with E-state index in [2.05, 4.69) is 15.1 Å². The molecule has 15 heavy (non-hydrogen) atoms. The smallest absolute Gasteiger partial charge is 0.0623 e. The van der Waals surface area contributed by atoms with E-state index < -0.39 is 0 Å². The number of fused-ring (bicyclic) bond motifs is 1. The van der Waals surface area contributed by atoms with Gasteiger partial charge in [-0.05, 0) is 6.42 Å². The molecule has 1 saturated heterocycles. The molecule has 0 bridgehead atoms. The summed E-state index contributed by atoms with van der Waals surface area (Å²) in [5, 5.41) is 7.06. The van der Waals surface area contributed by atoms with Gasteiger partial charge in [0.05, 0.1) is 25.1 Å². The summed E-state index contributed by atoms with van der Waals surface area (Å²) in [6.07, 6.45) is 2.96. The number of hydrogen-bond donors (Lipinski definition) is 2. The zero-order valence-electron chi connectivity index (χ0n) is 8.65. The van der Waals surface area contributed by atoms with Crippen molar-refractivity contribution in [1.82, 2.24) is 15.1 Å². The molecule has 3 N–H and O–H groups in total. The van der Waals surface area contributed by atoms with Crippen molar-refractivity contribution >= 4 is 0 Å². The number of nitrogens with one attached hydrogen (secondary N) is 1. The second-order valence-electron chi connectivity index (χ2n) is 4.47. The first-order valence-electron chi connectivity index (χ1n) is 5.41. The van der Waals surface area contributed by atoms with E-state index in [0.717, 1.165) is 26.1 Å². The molecule has 3 heterocycles. The van der Waals surface area contributed by atoms with Crippen LogP contribution in [0, 0.1) is 0 Å². The minimum atomic E-state index is 0.195. The fraction of sp³-hybridized carbons (Fsp3) is 0.700. The van der Waals surface area contributed by atoms with E-state index >= 15 is 0 Å². The van der Waals surface area contributed by atoms with Gasteiger partial charge >= 0.3 is 0 Å². The van der Waals surface area contributed by atoms with Crippen molar-refractivity contribution in [2.75, 3.05) is 13.2 Å². The molecular weight excluding hydrogens is 192 g/mol. The van der Waals surface area contributed by atoms with E-state index in [1.54, 1.807) is 0 Å². The Morgan fingerprint density at radius 1 is 1.47 bits per heavy atom. The van der Waals surface area contributed by atoms with Gasteiger partial charge in [0.1, 0.15) is 0 Å². The van der Waals surface area contributed by atoms with Crippen LogP contribution in [0.3, 0.4) is 0 Å². The Labute approximate surface area is 88.6 Å². The highest BCUT2D eigenvalue weighted by molar-refractivity contribution is 5.20. The molecule has 0 amide bonds. The van der Waals surface area contributed by atoms with Crippen LogP contribution in [0.4, 0.5) is 0 Å². The lowest BCUT2D eigenvalue weighted by Crippen LogP contribution is -2.46. The van der Waals surface area contributed by atoms with E-state index in [9.17, 15) is 0 Å². The summed E-state index contributed by atoms with van der Waals surface area (Å²) >= 11 is 0. The van der Waals surface area contributed by atoms with Gasteiger partial charge < -0.3 is 10.5 Å². The molecule has 1 unspecified atom stereocenters. The van der Waals surface area contributed by atoms with Crippen molar-refractivity contribution in [2.24, 2.45) is 5.73 Å². The number of rotatable bonds is 1. The zero-order chi connectivity index (χ0) is 10.3. The van der Waals surface area contributed by atoms with Crippen molar-refractivity contribution in [3.05, 3.63) is 17.5 Å². The largest absolute Gasteiger partial charge is 0.378 e. The van der Waals surface area contributed by atoms with Crippen LogP contribution in [0.25, 0.3) is 0 Å². The summed E-state index contributed by atoms with van der Waals surface area (Å²) in [4.78, 5) is 2.42. The third kappa shape index (κ3) is 1.67. The summed E-state index contributed by atoms with van der Waals surface area (Å²) in [6.45, 7) is 3.45. The molecule has 2 atom stereocenters. The van der Waals surface area contributed by atoms with E-state index in [1.807, 2.05) is 6.20 Å². The molecule has 3 rings (SSSR count). The van der Waals surface area contributed by atoms with Crippen molar-refractivity contribution in [3.8, 4) is 0 Å². The highest BCUT2D eigenvalue weighted by Crippen LogP contribution is 2.25. The second kappa shape index (κ2) is 3.59. The normalized spacial score (nSPS) is 31.8. The van der Waals surface area contributed by atoms with E-state index in [-0.39, 0.29) is 6.04 Å². The van der Waals surface area contributed by atoms with Crippen LogP contribution in [0.2, 0.25) is 0 Å². The van der Waals surface area contributed by atoms with Crippen LogP contribution in [-0.4, -0.2) is 40.4 Å². The first-order valence-corrected chi connectivity index (χ1v) is 5.41. The van der Waals surface area contributed by atoms with E-state index in [4.69, 9.17) is 10.5 Å². The van der Waals surface area contributed by atoms with Gasteiger partial charge in [-0.3, -0.25) is 10.00 Å². The molecule has 0 radical (unpaired) electrons. The standard InChI is InChI=1S/C10H16N4O/c11-8-1-9(6-15-5-8)14-3-7-2-12-13-10(7)4-14/h2,8-9H,1,3-6,11H2,(H,12,13)/t8-,9?/m0/s1. The first kappa shape index (κ1) is 9.33. The lowest BCUT2D eigenvalue weighted by atomic mass is 10.1. The predicted octanol–water partition coefficient (Wildman–Crippen LogP) is -0.159. The van der Waals surface area contributed by atoms with E-state index in [0.29, 0.717) is 12.6 Å².